The van der Waals surface area contributed by atoms with Gasteiger partial charge >= 0.3 is 0 Å². The quantitative estimate of drug-likeness (QED) is 0.847. The molecule has 0 aliphatic rings. The van der Waals surface area contributed by atoms with Crippen LogP contribution >= 0.6 is 0 Å². The number of hydrogen-bond acceptors (Lipinski definition) is 2. The standard InChI is InChI=1S/C14H22N2O/c1-11(9-10-15)16(3)14(17)12(2)13-7-5-4-6-8-13/h4-8,11-12H,9-10,15H2,1-3H3. The van der Waals surface area contributed by atoms with E-state index < -0.39 is 0 Å². The number of carbonyl (C=O) groups excluding carboxylic acids is 1. The summed E-state index contributed by atoms with van der Waals surface area (Å²) in [5.74, 6) is 0.0542. The van der Waals surface area contributed by atoms with Crippen molar-refractivity contribution in [2.45, 2.75) is 32.2 Å². The molecular weight excluding hydrogens is 212 g/mol. The molecule has 1 amide bonds. The topological polar surface area (TPSA) is 46.3 Å². The third-order valence-electron chi connectivity index (χ3n) is 3.26. The summed E-state index contributed by atoms with van der Waals surface area (Å²) >= 11 is 0. The Hall–Kier alpha value is -1.35. The van der Waals surface area contributed by atoms with E-state index in [0.717, 1.165) is 12.0 Å². The highest BCUT2D eigenvalue weighted by Crippen LogP contribution is 2.18. The molecule has 0 radical (unpaired) electrons. The van der Waals surface area contributed by atoms with Crippen LogP contribution in [-0.2, 0) is 4.79 Å². The molecule has 2 atom stereocenters. The summed E-state index contributed by atoms with van der Waals surface area (Å²) in [6.45, 7) is 4.59. The fourth-order valence-electron chi connectivity index (χ4n) is 1.84. The minimum atomic E-state index is -0.0959. The number of rotatable bonds is 5. The third kappa shape index (κ3) is 3.56. The Balaban J connectivity index is 2.70. The van der Waals surface area contributed by atoms with E-state index in [1.54, 1.807) is 4.90 Å². The molecule has 0 aliphatic carbocycles. The molecule has 0 spiro atoms. The maximum atomic E-state index is 12.2. The molecule has 2 N–H and O–H groups in total. The fraction of sp³-hybridized carbons (Fsp3) is 0.500. The van der Waals surface area contributed by atoms with Crippen LogP contribution in [0.3, 0.4) is 0 Å². The smallest absolute Gasteiger partial charge is 0.229 e. The van der Waals surface area contributed by atoms with Gasteiger partial charge in [0, 0.05) is 13.1 Å². The first-order valence-corrected chi connectivity index (χ1v) is 6.09. The molecule has 0 aromatic heterocycles. The number of amides is 1. The van der Waals surface area contributed by atoms with E-state index in [9.17, 15) is 4.79 Å². The minimum absolute atomic E-state index is 0.0959. The highest BCUT2D eigenvalue weighted by Gasteiger charge is 2.22. The van der Waals surface area contributed by atoms with Gasteiger partial charge in [0.2, 0.25) is 5.91 Å². The molecule has 3 nitrogen and oxygen atoms in total. The molecule has 0 heterocycles. The normalized spacial score (nSPS) is 14.1. The Morgan fingerprint density at radius 2 is 1.88 bits per heavy atom. The molecular formula is C14H22N2O. The number of nitrogens with zero attached hydrogens (tertiary/aromatic N) is 1. The molecule has 3 heteroatoms. The van der Waals surface area contributed by atoms with Gasteiger partial charge in [-0.15, -0.1) is 0 Å². The molecule has 0 bridgehead atoms. The maximum absolute atomic E-state index is 12.2. The van der Waals surface area contributed by atoms with Gasteiger partial charge in [-0.3, -0.25) is 4.79 Å². The monoisotopic (exact) mass is 234 g/mol. The summed E-state index contributed by atoms with van der Waals surface area (Å²) in [6, 6.07) is 10.1. The first-order chi connectivity index (χ1) is 8.07. The lowest BCUT2D eigenvalue weighted by Crippen LogP contribution is -2.38. The molecule has 94 valence electrons. The van der Waals surface area contributed by atoms with Gasteiger partial charge < -0.3 is 10.6 Å². The first-order valence-electron chi connectivity index (χ1n) is 6.09. The molecule has 1 rings (SSSR count). The molecule has 1 aromatic carbocycles. The number of nitrogens with two attached hydrogens (primary N) is 1. The number of benzene rings is 1. The summed E-state index contributed by atoms with van der Waals surface area (Å²) in [4.78, 5) is 14.0. The summed E-state index contributed by atoms with van der Waals surface area (Å²) < 4.78 is 0. The highest BCUT2D eigenvalue weighted by molar-refractivity contribution is 5.83. The van der Waals surface area contributed by atoms with Crippen molar-refractivity contribution < 1.29 is 4.79 Å². The summed E-state index contributed by atoms with van der Waals surface area (Å²) in [5.41, 5.74) is 6.58. The van der Waals surface area contributed by atoms with Crippen LogP contribution in [0.5, 0.6) is 0 Å². The predicted molar refractivity (Wildman–Crippen MR) is 70.8 cm³/mol. The van der Waals surface area contributed by atoms with Crippen LogP contribution in [0.4, 0.5) is 0 Å². The second kappa shape index (κ2) is 6.40. The number of carbonyl (C=O) groups is 1. The third-order valence-corrected chi connectivity index (χ3v) is 3.26. The van der Waals surface area contributed by atoms with Crippen LogP contribution in [-0.4, -0.2) is 30.4 Å². The average molecular weight is 234 g/mol. The lowest BCUT2D eigenvalue weighted by molar-refractivity contribution is -0.133. The second-order valence-corrected chi connectivity index (χ2v) is 4.51. The maximum Gasteiger partial charge on any atom is 0.229 e. The van der Waals surface area contributed by atoms with Crippen LogP contribution in [0.2, 0.25) is 0 Å². The van der Waals surface area contributed by atoms with E-state index in [1.165, 1.54) is 0 Å². The van der Waals surface area contributed by atoms with E-state index in [2.05, 4.69) is 0 Å². The summed E-state index contributed by atoms with van der Waals surface area (Å²) in [7, 11) is 1.85. The summed E-state index contributed by atoms with van der Waals surface area (Å²) in [6.07, 6.45) is 0.837. The highest BCUT2D eigenvalue weighted by atomic mass is 16.2. The van der Waals surface area contributed by atoms with Gasteiger partial charge in [-0.25, -0.2) is 0 Å². The molecule has 0 saturated carbocycles. The van der Waals surface area contributed by atoms with Crippen molar-refractivity contribution >= 4 is 5.91 Å². The lowest BCUT2D eigenvalue weighted by Gasteiger charge is -2.27. The summed E-state index contributed by atoms with van der Waals surface area (Å²) in [5, 5.41) is 0. The first kappa shape index (κ1) is 13.7. The van der Waals surface area contributed by atoms with Crippen molar-refractivity contribution in [3.05, 3.63) is 35.9 Å². The van der Waals surface area contributed by atoms with Crippen LogP contribution in [0, 0.1) is 0 Å². The van der Waals surface area contributed by atoms with Crippen molar-refractivity contribution in [2.75, 3.05) is 13.6 Å². The number of hydrogen-bond donors (Lipinski definition) is 1. The van der Waals surface area contributed by atoms with Crippen molar-refractivity contribution in [3.8, 4) is 0 Å². The van der Waals surface area contributed by atoms with Crippen molar-refractivity contribution in [1.82, 2.24) is 4.90 Å². The van der Waals surface area contributed by atoms with Gasteiger partial charge in [-0.2, -0.15) is 0 Å². The molecule has 2 unspecified atom stereocenters. The Labute approximate surface area is 104 Å². The van der Waals surface area contributed by atoms with Crippen LogP contribution in [0.25, 0.3) is 0 Å². The van der Waals surface area contributed by atoms with E-state index in [4.69, 9.17) is 5.73 Å². The zero-order valence-electron chi connectivity index (χ0n) is 10.9. The SMILES string of the molecule is CC(C(=O)N(C)C(C)CCN)c1ccccc1. The molecule has 17 heavy (non-hydrogen) atoms. The van der Waals surface area contributed by atoms with Crippen molar-refractivity contribution in [2.24, 2.45) is 5.73 Å². The zero-order valence-corrected chi connectivity index (χ0v) is 10.9. The van der Waals surface area contributed by atoms with E-state index >= 15 is 0 Å². The van der Waals surface area contributed by atoms with E-state index in [1.807, 2.05) is 51.2 Å². The van der Waals surface area contributed by atoms with Crippen molar-refractivity contribution in [1.29, 1.82) is 0 Å². The van der Waals surface area contributed by atoms with Gasteiger partial charge in [-0.1, -0.05) is 30.3 Å². The van der Waals surface area contributed by atoms with Gasteiger partial charge in [-0.05, 0) is 32.4 Å². The van der Waals surface area contributed by atoms with Gasteiger partial charge in [0.25, 0.3) is 0 Å². The second-order valence-electron chi connectivity index (χ2n) is 4.51. The molecule has 0 saturated heterocycles. The van der Waals surface area contributed by atoms with Gasteiger partial charge in [0.15, 0.2) is 0 Å². The lowest BCUT2D eigenvalue weighted by atomic mass is 9.99. The predicted octanol–water partition coefficient (Wildman–Crippen LogP) is 1.99. The van der Waals surface area contributed by atoms with Crippen LogP contribution < -0.4 is 5.73 Å². The van der Waals surface area contributed by atoms with Gasteiger partial charge in [0.05, 0.1) is 5.92 Å². The Kier molecular flexibility index (Phi) is 5.16. The van der Waals surface area contributed by atoms with E-state index in [0.29, 0.717) is 6.54 Å². The molecule has 0 aliphatic heterocycles. The number of likely N-dealkylation sites (N-methyl/N-ethyl adjacent to an activating group) is 1. The van der Waals surface area contributed by atoms with Gasteiger partial charge in [0.1, 0.15) is 0 Å². The van der Waals surface area contributed by atoms with Crippen molar-refractivity contribution in [3.63, 3.8) is 0 Å². The Morgan fingerprint density at radius 1 is 1.29 bits per heavy atom. The average Bonchev–Trinajstić information content (AvgIpc) is 2.37. The van der Waals surface area contributed by atoms with E-state index in [-0.39, 0.29) is 17.9 Å². The molecule has 1 aromatic rings. The Morgan fingerprint density at radius 3 is 2.41 bits per heavy atom. The van der Waals surface area contributed by atoms with Crippen LogP contribution in [0.1, 0.15) is 31.7 Å². The van der Waals surface area contributed by atoms with Crippen LogP contribution in [0.15, 0.2) is 30.3 Å². The zero-order chi connectivity index (χ0) is 12.8. The Bertz CT molecular complexity index is 350. The fourth-order valence-corrected chi connectivity index (χ4v) is 1.84. The largest absolute Gasteiger partial charge is 0.342 e. The minimum Gasteiger partial charge on any atom is -0.342 e. The molecule has 0 fully saturated rings.